The van der Waals surface area contributed by atoms with Crippen LogP contribution >= 0.6 is 11.6 Å². The van der Waals surface area contributed by atoms with Crippen molar-refractivity contribution in [1.29, 1.82) is 0 Å². The summed E-state index contributed by atoms with van der Waals surface area (Å²) in [5.41, 5.74) is 0.0927. The second kappa shape index (κ2) is 7.16. The number of aliphatic hydroxyl groups is 1. The first kappa shape index (κ1) is 17.1. The van der Waals surface area contributed by atoms with Crippen molar-refractivity contribution in [2.45, 2.75) is 32.9 Å². The van der Waals surface area contributed by atoms with Gasteiger partial charge in [0.15, 0.2) is 11.5 Å². The molecule has 1 aromatic rings. The number of hydrogen-bond acceptors (Lipinski definition) is 4. The van der Waals surface area contributed by atoms with E-state index in [-0.39, 0.29) is 12.5 Å². The summed E-state index contributed by atoms with van der Waals surface area (Å²) in [6.45, 7) is 6.48. The van der Waals surface area contributed by atoms with Gasteiger partial charge in [0.2, 0.25) is 0 Å². The average molecular weight is 302 g/mol. The lowest BCUT2D eigenvalue weighted by atomic mass is 9.94. The molecule has 1 unspecified atom stereocenters. The molecular formula is C15H24ClNO3. The molecule has 5 heteroatoms. The first-order valence-corrected chi connectivity index (χ1v) is 7.05. The number of hydrogen-bond donors (Lipinski definition) is 2. The fourth-order valence-electron chi connectivity index (χ4n) is 1.60. The molecule has 2 N–H and O–H groups in total. The number of nitrogens with one attached hydrogen (secondary N) is 1. The highest BCUT2D eigenvalue weighted by Crippen LogP contribution is 2.37. The summed E-state index contributed by atoms with van der Waals surface area (Å²) in [7, 11) is 3.44. The van der Waals surface area contributed by atoms with Crippen LogP contribution < -0.4 is 14.8 Å². The molecule has 114 valence electrons. The van der Waals surface area contributed by atoms with Crippen LogP contribution in [0.3, 0.4) is 0 Å². The fraction of sp³-hybridized carbons (Fsp3) is 0.600. The minimum Gasteiger partial charge on any atom is -0.493 e. The molecule has 0 aliphatic carbocycles. The van der Waals surface area contributed by atoms with Crippen LogP contribution in [0, 0.1) is 5.92 Å². The van der Waals surface area contributed by atoms with Gasteiger partial charge in [-0.05, 0) is 37.6 Å². The lowest BCUT2D eigenvalue weighted by Gasteiger charge is -2.28. The average Bonchev–Trinajstić information content (AvgIpc) is 2.37. The Balaban J connectivity index is 2.95. The van der Waals surface area contributed by atoms with Crippen molar-refractivity contribution in [2.75, 3.05) is 20.8 Å². The second-order valence-corrected chi connectivity index (χ2v) is 5.85. The summed E-state index contributed by atoms with van der Waals surface area (Å²) in [5.74, 6) is 1.12. The van der Waals surface area contributed by atoms with Gasteiger partial charge in [-0.2, -0.15) is 0 Å². The van der Waals surface area contributed by atoms with E-state index in [4.69, 9.17) is 21.1 Å². The standard InChI is InChI=1S/C15H24ClNO3/c1-10(2)15(3,18)9-20-14-12(16)6-11(8-17-4)7-13(14)19-5/h6-7,10,17-18H,8-9H2,1-5H3. The summed E-state index contributed by atoms with van der Waals surface area (Å²) in [6, 6.07) is 3.71. The number of ether oxygens (including phenoxy) is 2. The van der Waals surface area contributed by atoms with E-state index >= 15 is 0 Å². The summed E-state index contributed by atoms with van der Waals surface area (Å²) in [6.07, 6.45) is 0. The van der Waals surface area contributed by atoms with Crippen LogP contribution in [0.1, 0.15) is 26.3 Å². The molecule has 0 bridgehead atoms. The van der Waals surface area contributed by atoms with Gasteiger partial charge in [-0.15, -0.1) is 0 Å². The topological polar surface area (TPSA) is 50.7 Å². The van der Waals surface area contributed by atoms with Crippen LogP contribution in [0.25, 0.3) is 0 Å². The zero-order valence-corrected chi connectivity index (χ0v) is 13.5. The summed E-state index contributed by atoms with van der Waals surface area (Å²) in [5, 5.41) is 13.8. The van der Waals surface area contributed by atoms with Crippen LogP contribution in [-0.4, -0.2) is 31.5 Å². The van der Waals surface area contributed by atoms with Crippen LogP contribution in [0.15, 0.2) is 12.1 Å². The maximum atomic E-state index is 10.2. The van der Waals surface area contributed by atoms with Crippen molar-refractivity contribution in [3.63, 3.8) is 0 Å². The molecule has 0 amide bonds. The van der Waals surface area contributed by atoms with E-state index < -0.39 is 5.60 Å². The first-order valence-electron chi connectivity index (χ1n) is 6.68. The van der Waals surface area contributed by atoms with E-state index in [1.807, 2.05) is 33.0 Å². The van der Waals surface area contributed by atoms with E-state index in [1.54, 1.807) is 14.0 Å². The van der Waals surface area contributed by atoms with Gasteiger partial charge in [-0.3, -0.25) is 0 Å². The SMILES string of the molecule is CNCc1cc(Cl)c(OCC(C)(O)C(C)C)c(OC)c1. The predicted molar refractivity (Wildman–Crippen MR) is 81.7 cm³/mol. The number of methoxy groups -OCH3 is 1. The maximum Gasteiger partial charge on any atom is 0.179 e. The molecule has 0 aliphatic heterocycles. The van der Waals surface area contributed by atoms with Gasteiger partial charge >= 0.3 is 0 Å². The third-order valence-corrected chi connectivity index (χ3v) is 3.70. The van der Waals surface area contributed by atoms with Gasteiger partial charge in [0.1, 0.15) is 6.61 Å². The zero-order valence-electron chi connectivity index (χ0n) is 12.8. The molecule has 1 aromatic carbocycles. The highest BCUT2D eigenvalue weighted by Gasteiger charge is 2.27. The van der Waals surface area contributed by atoms with E-state index in [0.717, 1.165) is 5.56 Å². The number of rotatable bonds is 7. The Morgan fingerprint density at radius 2 is 2.05 bits per heavy atom. The minimum absolute atomic E-state index is 0.0795. The monoisotopic (exact) mass is 301 g/mol. The highest BCUT2D eigenvalue weighted by atomic mass is 35.5. The Morgan fingerprint density at radius 3 is 2.55 bits per heavy atom. The van der Waals surface area contributed by atoms with Crippen molar-refractivity contribution >= 4 is 11.6 Å². The highest BCUT2D eigenvalue weighted by molar-refractivity contribution is 6.32. The van der Waals surface area contributed by atoms with E-state index in [2.05, 4.69) is 5.32 Å². The molecule has 0 saturated carbocycles. The molecule has 0 radical (unpaired) electrons. The molecule has 0 aliphatic rings. The molecule has 1 atom stereocenters. The van der Waals surface area contributed by atoms with Crippen molar-refractivity contribution in [2.24, 2.45) is 5.92 Å². The Kier molecular flexibility index (Phi) is 6.11. The zero-order chi connectivity index (χ0) is 15.3. The van der Waals surface area contributed by atoms with Crippen molar-refractivity contribution in [3.05, 3.63) is 22.7 Å². The fourth-order valence-corrected chi connectivity index (χ4v) is 1.89. The molecular weight excluding hydrogens is 278 g/mol. The van der Waals surface area contributed by atoms with Gasteiger partial charge in [-0.1, -0.05) is 25.4 Å². The molecule has 0 fully saturated rings. The molecule has 1 rings (SSSR count). The van der Waals surface area contributed by atoms with E-state index in [0.29, 0.717) is 23.1 Å². The Bertz CT molecular complexity index is 447. The number of benzene rings is 1. The summed E-state index contributed by atoms with van der Waals surface area (Å²) < 4.78 is 11.0. The van der Waals surface area contributed by atoms with E-state index in [9.17, 15) is 5.11 Å². The van der Waals surface area contributed by atoms with Crippen LogP contribution in [-0.2, 0) is 6.54 Å². The van der Waals surface area contributed by atoms with Crippen LogP contribution in [0.4, 0.5) is 0 Å². The smallest absolute Gasteiger partial charge is 0.179 e. The van der Waals surface area contributed by atoms with Crippen LogP contribution in [0.2, 0.25) is 5.02 Å². The van der Waals surface area contributed by atoms with Crippen LogP contribution in [0.5, 0.6) is 11.5 Å². The van der Waals surface area contributed by atoms with Gasteiger partial charge < -0.3 is 19.9 Å². The lowest BCUT2D eigenvalue weighted by molar-refractivity contribution is -0.0271. The van der Waals surface area contributed by atoms with Crippen molar-refractivity contribution in [1.82, 2.24) is 5.32 Å². The summed E-state index contributed by atoms with van der Waals surface area (Å²) >= 11 is 6.24. The van der Waals surface area contributed by atoms with Crippen molar-refractivity contribution in [3.8, 4) is 11.5 Å². The summed E-state index contributed by atoms with van der Waals surface area (Å²) in [4.78, 5) is 0. The van der Waals surface area contributed by atoms with Gasteiger partial charge in [0, 0.05) is 6.54 Å². The molecule has 4 nitrogen and oxygen atoms in total. The van der Waals surface area contributed by atoms with E-state index in [1.165, 1.54) is 0 Å². The van der Waals surface area contributed by atoms with Gasteiger partial charge in [-0.25, -0.2) is 0 Å². The quantitative estimate of drug-likeness (QED) is 0.813. The lowest BCUT2D eigenvalue weighted by Crippen LogP contribution is -2.37. The van der Waals surface area contributed by atoms with Crippen molar-refractivity contribution < 1.29 is 14.6 Å². The third-order valence-electron chi connectivity index (χ3n) is 3.42. The maximum absolute atomic E-state index is 10.2. The Labute approximate surface area is 126 Å². The minimum atomic E-state index is -0.919. The molecule has 0 heterocycles. The molecule has 20 heavy (non-hydrogen) atoms. The normalized spacial score (nSPS) is 14.2. The largest absolute Gasteiger partial charge is 0.493 e. The van der Waals surface area contributed by atoms with Gasteiger partial charge in [0.05, 0.1) is 17.7 Å². The number of halogens is 1. The Hall–Kier alpha value is -0.970. The Morgan fingerprint density at radius 1 is 1.40 bits per heavy atom. The molecule has 0 aromatic heterocycles. The molecule has 0 spiro atoms. The molecule has 0 saturated heterocycles. The van der Waals surface area contributed by atoms with Gasteiger partial charge in [0.25, 0.3) is 0 Å². The predicted octanol–water partition coefficient (Wildman–Crippen LogP) is 2.85. The second-order valence-electron chi connectivity index (χ2n) is 5.44. The first-order chi connectivity index (χ1) is 9.31. The third kappa shape index (κ3) is 4.27.